The van der Waals surface area contributed by atoms with Crippen LogP contribution in [0.2, 0.25) is 5.02 Å². The molecule has 0 atom stereocenters. The summed E-state index contributed by atoms with van der Waals surface area (Å²) in [5.74, 6) is -0.489. The lowest BCUT2D eigenvalue weighted by molar-refractivity contribution is -0.116. The van der Waals surface area contributed by atoms with Crippen LogP contribution in [0.5, 0.6) is 0 Å². The molecule has 0 spiro atoms. The third kappa shape index (κ3) is 4.61. The van der Waals surface area contributed by atoms with E-state index >= 15 is 0 Å². The van der Waals surface area contributed by atoms with E-state index < -0.39 is 0 Å². The van der Waals surface area contributed by atoms with Crippen molar-refractivity contribution in [2.24, 2.45) is 0 Å². The van der Waals surface area contributed by atoms with Gasteiger partial charge in [0.1, 0.15) is 0 Å². The van der Waals surface area contributed by atoms with Gasteiger partial charge in [-0.15, -0.1) is 5.10 Å². The van der Waals surface area contributed by atoms with Crippen molar-refractivity contribution in [1.29, 1.82) is 0 Å². The van der Waals surface area contributed by atoms with Crippen LogP contribution in [0.15, 0.2) is 60.8 Å². The molecule has 2 amide bonds. The Hall–Kier alpha value is -3.23. The van der Waals surface area contributed by atoms with Crippen LogP contribution < -0.4 is 10.6 Å². The quantitative estimate of drug-likeness (QED) is 0.490. The molecule has 2 heterocycles. The fraction of sp³-hybridized carbons (Fsp3) is 0.100. The summed E-state index contributed by atoms with van der Waals surface area (Å²) >= 11 is 7.09. The Balaban J connectivity index is 1.30. The van der Waals surface area contributed by atoms with Crippen LogP contribution in [0.4, 0.5) is 5.13 Å². The van der Waals surface area contributed by atoms with Gasteiger partial charge in [-0.2, -0.15) is 0 Å². The first-order valence-electron chi connectivity index (χ1n) is 8.84. The van der Waals surface area contributed by atoms with E-state index in [4.69, 9.17) is 11.6 Å². The smallest absolute Gasteiger partial charge is 0.251 e. The summed E-state index contributed by atoms with van der Waals surface area (Å²) in [6.45, 7) is 0.216. The molecule has 9 heteroatoms. The Labute approximate surface area is 175 Å². The van der Waals surface area contributed by atoms with E-state index in [-0.39, 0.29) is 24.8 Å². The zero-order valence-corrected chi connectivity index (χ0v) is 16.7. The van der Waals surface area contributed by atoms with Gasteiger partial charge in [-0.05, 0) is 24.3 Å². The lowest BCUT2D eigenvalue weighted by Gasteiger charge is -2.05. The molecular formula is C20H16ClN5O2S. The van der Waals surface area contributed by atoms with Crippen LogP contribution >= 0.6 is 22.9 Å². The maximum absolute atomic E-state index is 12.1. The monoisotopic (exact) mass is 425 g/mol. The average Bonchev–Trinajstić information content (AvgIpc) is 3.27. The highest BCUT2D eigenvalue weighted by molar-refractivity contribution is 7.20. The molecule has 0 radical (unpaired) electrons. The number of amides is 2. The Morgan fingerprint density at radius 1 is 1.07 bits per heavy atom. The van der Waals surface area contributed by atoms with Gasteiger partial charge >= 0.3 is 0 Å². The van der Waals surface area contributed by atoms with Gasteiger partial charge in [0.25, 0.3) is 5.91 Å². The van der Waals surface area contributed by atoms with Crippen LogP contribution in [0.1, 0.15) is 16.8 Å². The second kappa shape index (κ2) is 8.42. The van der Waals surface area contributed by atoms with E-state index in [9.17, 15) is 9.59 Å². The number of fused-ring (bicyclic) bond motifs is 1. The van der Waals surface area contributed by atoms with Crippen molar-refractivity contribution < 1.29 is 9.59 Å². The van der Waals surface area contributed by atoms with Gasteiger partial charge in [0.15, 0.2) is 0 Å². The number of carbonyl (C=O) groups is 2. The maximum Gasteiger partial charge on any atom is 0.251 e. The van der Waals surface area contributed by atoms with Gasteiger partial charge < -0.3 is 10.6 Å². The topological polar surface area (TPSA) is 88.4 Å². The number of halogens is 1. The first kappa shape index (κ1) is 19.1. The second-order valence-corrected chi connectivity index (χ2v) is 7.58. The molecule has 0 saturated heterocycles. The molecule has 2 N–H and O–H groups in total. The number of rotatable bonds is 6. The molecular weight excluding hydrogens is 410 g/mol. The normalized spacial score (nSPS) is 10.8. The maximum atomic E-state index is 12.1. The number of anilines is 1. The lowest BCUT2D eigenvalue weighted by atomic mass is 10.2. The van der Waals surface area contributed by atoms with Crippen molar-refractivity contribution in [3.8, 4) is 11.3 Å². The van der Waals surface area contributed by atoms with E-state index in [1.54, 1.807) is 28.8 Å². The fourth-order valence-electron chi connectivity index (χ4n) is 2.67. The molecule has 7 nitrogen and oxygen atoms in total. The summed E-state index contributed by atoms with van der Waals surface area (Å²) < 4.78 is 1.64. The van der Waals surface area contributed by atoms with Crippen LogP contribution in [0, 0.1) is 0 Å². The summed E-state index contributed by atoms with van der Waals surface area (Å²) in [6.07, 6.45) is 1.96. The van der Waals surface area contributed by atoms with E-state index in [2.05, 4.69) is 20.7 Å². The van der Waals surface area contributed by atoms with Gasteiger partial charge in [0.05, 0.1) is 11.9 Å². The molecule has 0 aliphatic rings. The molecule has 2 aromatic carbocycles. The van der Waals surface area contributed by atoms with E-state index in [0.717, 1.165) is 11.3 Å². The highest BCUT2D eigenvalue weighted by Gasteiger charge is 2.12. The average molecular weight is 426 g/mol. The van der Waals surface area contributed by atoms with Gasteiger partial charge in [-0.1, -0.05) is 53.3 Å². The Kier molecular flexibility index (Phi) is 5.55. The van der Waals surface area contributed by atoms with Crippen molar-refractivity contribution in [3.63, 3.8) is 0 Å². The predicted octanol–water partition coefficient (Wildman–Crippen LogP) is 3.87. The number of hydrogen-bond acceptors (Lipinski definition) is 5. The second-order valence-electron chi connectivity index (χ2n) is 6.19. The molecule has 29 heavy (non-hydrogen) atoms. The largest absolute Gasteiger partial charge is 0.352 e. The molecule has 0 fully saturated rings. The summed E-state index contributed by atoms with van der Waals surface area (Å²) in [4.78, 5) is 29.4. The van der Waals surface area contributed by atoms with E-state index in [0.29, 0.717) is 20.7 Å². The summed E-state index contributed by atoms with van der Waals surface area (Å²) in [5.41, 5.74) is 2.32. The molecule has 4 aromatic rings. The van der Waals surface area contributed by atoms with Crippen molar-refractivity contribution in [2.45, 2.75) is 6.42 Å². The predicted molar refractivity (Wildman–Crippen MR) is 113 cm³/mol. The van der Waals surface area contributed by atoms with Gasteiger partial charge in [0, 0.05) is 29.1 Å². The van der Waals surface area contributed by atoms with Gasteiger partial charge in [-0.25, -0.2) is 9.50 Å². The minimum atomic E-state index is -0.254. The number of nitrogens with zero attached hydrogens (tertiary/aromatic N) is 3. The Morgan fingerprint density at radius 2 is 1.83 bits per heavy atom. The first-order valence-corrected chi connectivity index (χ1v) is 10.0. The Bertz CT molecular complexity index is 1120. The minimum absolute atomic E-state index is 0.135. The van der Waals surface area contributed by atoms with Crippen LogP contribution in [-0.2, 0) is 4.79 Å². The van der Waals surface area contributed by atoms with Crippen LogP contribution in [-0.4, -0.2) is 33.0 Å². The molecule has 4 rings (SSSR count). The highest BCUT2D eigenvalue weighted by Crippen LogP contribution is 2.24. The molecule has 0 unspecified atom stereocenters. The molecule has 146 valence electrons. The zero-order chi connectivity index (χ0) is 20.2. The number of benzene rings is 2. The highest BCUT2D eigenvalue weighted by atomic mass is 35.5. The summed E-state index contributed by atoms with van der Waals surface area (Å²) in [7, 11) is 0. The number of carbonyl (C=O) groups excluding carboxylic acids is 2. The molecule has 0 aliphatic heterocycles. The van der Waals surface area contributed by atoms with Crippen molar-refractivity contribution in [1.82, 2.24) is 19.9 Å². The van der Waals surface area contributed by atoms with Crippen LogP contribution in [0.3, 0.4) is 0 Å². The summed E-state index contributed by atoms with van der Waals surface area (Å²) in [5, 5.41) is 10.8. The third-order valence-corrected chi connectivity index (χ3v) is 5.19. The molecule has 0 saturated carbocycles. The SMILES string of the molecule is O=C(CCNC(=O)c1ccc(Cl)cc1)Nc1nn2cc(-c3ccccc3)nc2s1. The zero-order valence-electron chi connectivity index (χ0n) is 15.1. The minimum Gasteiger partial charge on any atom is -0.352 e. The summed E-state index contributed by atoms with van der Waals surface area (Å²) in [6, 6.07) is 16.4. The first-order chi connectivity index (χ1) is 14.1. The fourth-order valence-corrected chi connectivity index (χ4v) is 3.60. The number of aromatic nitrogens is 3. The van der Waals surface area contributed by atoms with E-state index in [1.165, 1.54) is 11.3 Å². The standard InChI is InChI=1S/C20H16ClN5O2S/c21-15-8-6-14(7-9-15)18(28)22-11-10-17(27)24-19-25-26-12-16(23-20(26)29-19)13-4-2-1-3-5-13/h1-9,12H,10-11H2,(H,22,28)(H,24,25,27). The molecule has 0 bridgehead atoms. The van der Waals surface area contributed by atoms with Gasteiger partial charge in [-0.3, -0.25) is 9.59 Å². The lowest BCUT2D eigenvalue weighted by Crippen LogP contribution is -2.27. The van der Waals surface area contributed by atoms with E-state index in [1.807, 2.05) is 36.5 Å². The van der Waals surface area contributed by atoms with Crippen molar-refractivity contribution >= 4 is 44.8 Å². The number of hydrogen-bond donors (Lipinski definition) is 2. The van der Waals surface area contributed by atoms with Crippen molar-refractivity contribution in [2.75, 3.05) is 11.9 Å². The number of nitrogens with one attached hydrogen (secondary N) is 2. The van der Waals surface area contributed by atoms with Crippen molar-refractivity contribution in [3.05, 3.63) is 71.4 Å². The molecule has 0 aliphatic carbocycles. The van der Waals surface area contributed by atoms with Gasteiger partial charge in [0.2, 0.25) is 16.0 Å². The molecule has 2 aromatic heterocycles. The number of imidazole rings is 1. The Morgan fingerprint density at radius 3 is 2.55 bits per heavy atom. The van der Waals surface area contributed by atoms with Crippen LogP contribution in [0.25, 0.3) is 16.2 Å². The third-order valence-electron chi connectivity index (χ3n) is 4.10.